The van der Waals surface area contributed by atoms with Crippen LogP contribution in [0.4, 0.5) is 4.79 Å². The molecule has 1 aliphatic heterocycles. The van der Waals surface area contributed by atoms with Crippen LogP contribution in [0, 0.1) is 6.92 Å². The van der Waals surface area contributed by atoms with E-state index in [2.05, 4.69) is 20.2 Å². The lowest BCUT2D eigenvalue weighted by atomic mass is 9.93. The third-order valence-corrected chi connectivity index (χ3v) is 6.42. The van der Waals surface area contributed by atoms with Crippen LogP contribution >= 0.6 is 0 Å². The fourth-order valence-electron chi connectivity index (χ4n) is 4.55. The summed E-state index contributed by atoms with van der Waals surface area (Å²) in [5.74, 6) is 1.43. The fourth-order valence-corrected chi connectivity index (χ4v) is 4.55. The van der Waals surface area contributed by atoms with Crippen LogP contribution in [0.25, 0.3) is 28.5 Å². The van der Waals surface area contributed by atoms with Crippen molar-refractivity contribution in [2.75, 3.05) is 20.2 Å². The summed E-state index contributed by atoms with van der Waals surface area (Å²) < 4.78 is 18.2. The molecule has 1 amide bonds. The van der Waals surface area contributed by atoms with Gasteiger partial charge in [-0.1, -0.05) is 17.3 Å². The number of nitrogens with one attached hydrogen (secondary N) is 1. The topological polar surface area (TPSA) is 128 Å². The molecule has 11 nitrogen and oxygen atoms in total. The van der Waals surface area contributed by atoms with Gasteiger partial charge in [0.2, 0.25) is 5.82 Å². The summed E-state index contributed by atoms with van der Waals surface area (Å²) in [7, 11) is 1.61. The zero-order valence-electron chi connectivity index (χ0n) is 21.6. The van der Waals surface area contributed by atoms with Crippen LogP contribution in [0.3, 0.4) is 0 Å². The standard InChI is InChI=1S/C26H30N6O5/c1-15-6-7-17(12-20(15)35-5)22-29-24(37-30-22)18-14-27-32-19(13-21(33)28-23(18)32)16-8-10-31(11-9-16)25(34)36-26(2,3)4/h6-7,12-14,16H,8-11H2,1-5H3,(H,28,33). The monoisotopic (exact) mass is 506 g/mol. The summed E-state index contributed by atoms with van der Waals surface area (Å²) in [5.41, 5.74) is 2.74. The Morgan fingerprint density at radius 2 is 1.95 bits per heavy atom. The summed E-state index contributed by atoms with van der Waals surface area (Å²) in [5, 5.41) is 8.65. The van der Waals surface area contributed by atoms with Gasteiger partial charge in [0.25, 0.3) is 11.4 Å². The molecule has 4 heterocycles. The normalized spacial score (nSPS) is 14.8. The van der Waals surface area contributed by atoms with E-state index in [-0.39, 0.29) is 23.5 Å². The Labute approximate surface area is 213 Å². The minimum atomic E-state index is -0.543. The number of ether oxygens (including phenoxy) is 2. The number of likely N-dealkylation sites (tertiary alicyclic amines) is 1. The third-order valence-electron chi connectivity index (χ3n) is 6.42. The van der Waals surface area contributed by atoms with Gasteiger partial charge in [-0.05, 0) is 52.2 Å². The summed E-state index contributed by atoms with van der Waals surface area (Å²) >= 11 is 0. The van der Waals surface area contributed by atoms with Crippen molar-refractivity contribution in [3.8, 4) is 28.6 Å². The van der Waals surface area contributed by atoms with E-state index in [0.29, 0.717) is 43.0 Å². The molecule has 0 unspecified atom stereocenters. The van der Waals surface area contributed by atoms with Gasteiger partial charge in [-0.25, -0.2) is 9.31 Å². The van der Waals surface area contributed by atoms with Crippen molar-refractivity contribution >= 4 is 11.7 Å². The highest BCUT2D eigenvalue weighted by atomic mass is 16.6. The lowest BCUT2D eigenvalue weighted by Gasteiger charge is -2.33. The van der Waals surface area contributed by atoms with Crippen molar-refractivity contribution in [1.29, 1.82) is 0 Å². The number of fused-ring (bicyclic) bond motifs is 1. The molecule has 5 rings (SSSR count). The van der Waals surface area contributed by atoms with Gasteiger partial charge in [-0.3, -0.25) is 4.79 Å². The van der Waals surface area contributed by atoms with Gasteiger partial charge in [0, 0.05) is 30.6 Å². The Morgan fingerprint density at radius 1 is 1.19 bits per heavy atom. The lowest BCUT2D eigenvalue weighted by molar-refractivity contribution is 0.0203. The first kappa shape index (κ1) is 24.5. The predicted octanol–water partition coefficient (Wildman–Crippen LogP) is 4.17. The highest BCUT2D eigenvalue weighted by Gasteiger charge is 2.29. The minimum Gasteiger partial charge on any atom is -0.496 e. The largest absolute Gasteiger partial charge is 0.496 e. The first-order chi connectivity index (χ1) is 17.6. The number of hydrogen-bond donors (Lipinski definition) is 1. The van der Waals surface area contributed by atoms with Gasteiger partial charge in [0.15, 0.2) is 0 Å². The van der Waals surface area contributed by atoms with Gasteiger partial charge in [0.1, 0.15) is 22.6 Å². The van der Waals surface area contributed by atoms with Crippen LogP contribution in [-0.2, 0) is 4.74 Å². The number of carbonyl (C=O) groups excluding carboxylic acids is 1. The zero-order valence-corrected chi connectivity index (χ0v) is 21.6. The van der Waals surface area contributed by atoms with Crippen LogP contribution in [0.15, 0.2) is 39.8 Å². The van der Waals surface area contributed by atoms with Gasteiger partial charge < -0.3 is 23.9 Å². The summed E-state index contributed by atoms with van der Waals surface area (Å²) in [4.78, 5) is 34.2. The Hall–Kier alpha value is -4.15. The molecule has 3 aromatic heterocycles. The van der Waals surface area contributed by atoms with Crippen molar-refractivity contribution < 1.29 is 18.8 Å². The molecule has 1 aliphatic rings. The maximum absolute atomic E-state index is 12.6. The number of piperidine rings is 1. The number of nitrogens with zero attached hydrogens (tertiary/aromatic N) is 5. The second-order valence-electron chi connectivity index (χ2n) is 10.2. The molecule has 0 aliphatic carbocycles. The third kappa shape index (κ3) is 4.93. The SMILES string of the molecule is COc1cc(-c2noc(-c3cnn4c(C5CCN(C(=O)OC(C)(C)C)CC5)cc(=O)[nH]c34)n2)ccc1C. The first-order valence-electron chi connectivity index (χ1n) is 12.2. The van der Waals surface area contributed by atoms with Gasteiger partial charge in [-0.2, -0.15) is 10.1 Å². The molecule has 1 N–H and O–H groups in total. The van der Waals surface area contributed by atoms with Crippen LogP contribution in [0.2, 0.25) is 0 Å². The predicted molar refractivity (Wildman–Crippen MR) is 136 cm³/mol. The maximum Gasteiger partial charge on any atom is 0.410 e. The van der Waals surface area contributed by atoms with E-state index in [9.17, 15) is 9.59 Å². The molecule has 0 atom stereocenters. The Balaban J connectivity index is 1.41. The molecular weight excluding hydrogens is 476 g/mol. The van der Waals surface area contributed by atoms with E-state index in [4.69, 9.17) is 14.0 Å². The van der Waals surface area contributed by atoms with Gasteiger partial charge in [-0.15, -0.1) is 0 Å². The number of aromatic nitrogens is 5. The molecule has 37 heavy (non-hydrogen) atoms. The van der Waals surface area contributed by atoms with Crippen LogP contribution < -0.4 is 10.3 Å². The molecule has 4 aromatic rings. The van der Waals surface area contributed by atoms with E-state index in [1.807, 2.05) is 45.9 Å². The molecule has 0 radical (unpaired) electrons. The van der Waals surface area contributed by atoms with Crippen molar-refractivity contribution in [2.45, 2.75) is 52.1 Å². The number of H-pyrrole nitrogens is 1. The second-order valence-corrected chi connectivity index (χ2v) is 10.2. The van der Waals surface area contributed by atoms with Crippen molar-refractivity contribution in [1.82, 2.24) is 29.6 Å². The molecule has 11 heteroatoms. The summed E-state index contributed by atoms with van der Waals surface area (Å²) in [6, 6.07) is 7.24. The number of benzene rings is 1. The maximum atomic E-state index is 12.6. The summed E-state index contributed by atoms with van der Waals surface area (Å²) in [6.45, 7) is 8.58. The molecule has 1 aromatic carbocycles. The number of methoxy groups -OCH3 is 1. The molecule has 0 spiro atoms. The van der Waals surface area contributed by atoms with E-state index in [0.717, 1.165) is 22.6 Å². The van der Waals surface area contributed by atoms with Crippen LogP contribution in [-0.4, -0.2) is 61.5 Å². The first-order valence-corrected chi connectivity index (χ1v) is 12.2. The number of aromatic amines is 1. The number of aryl methyl sites for hydroxylation is 1. The van der Waals surface area contributed by atoms with E-state index >= 15 is 0 Å². The number of amides is 1. The fraction of sp³-hybridized carbons (Fsp3) is 0.423. The van der Waals surface area contributed by atoms with E-state index in [1.54, 1.807) is 28.8 Å². The van der Waals surface area contributed by atoms with Crippen LogP contribution in [0.1, 0.15) is 50.8 Å². The lowest BCUT2D eigenvalue weighted by Crippen LogP contribution is -2.41. The van der Waals surface area contributed by atoms with E-state index < -0.39 is 5.60 Å². The highest BCUT2D eigenvalue weighted by molar-refractivity contribution is 5.72. The number of carbonyl (C=O) groups is 1. The Kier molecular flexibility index (Phi) is 6.22. The highest BCUT2D eigenvalue weighted by Crippen LogP contribution is 2.31. The Bertz CT molecular complexity index is 1500. The number of rotatable bonds is 4. The van der Waals surface area contributed by atoms with Gasteiger partial charge in [0.05, 0.1) is 19.0 Å². The Morgan fingerprint density at radius 3 is 2.65 bits per heavy atom. The molecule has 0 bridgehead atoms. The second kappa shape index (κ2) is 9.38. The molecule has 1 fully saturated rings. The molecule has 194 valence electrons. The minimum absolute atomic E-state index is 0.0505. The zero-order chi connectivity index (χ0) is 26.3. The van der Waals surface area contributed by atoms with Crippen molar-refractivity contribution in [3.05, 3.63) is 52.1 Å². The smallest absolute Gasteiger partial charge is 0.410 e. The van der Waals surface area contributed by atoms with Crippen molar-refractivity contribution in [2.24, 2.45) is 0 Å². The van der Waals surface area contributed by atoms with E-state index in [1.165, 1.54) is 0 Å². The average molecular weight is 507 g/mol. The van der Waals surface area contributed by atoms with Gasteiger partial charge >= 0.3 is 6.09 Å². The quantitative estimate of drug-likeness (QED) is 0.437. The van der Waals surface area contributed by atoms with Crippen molar-refractivity contribution in [3.63, 3.8) is 0 Å². The number of hydrogen-bond acceptors (Lipinski definition) is 8. The summed E-state index contributed by atoms with van der Waals surface area (Å²) in [6.07, 6.45) is 2.67. The van der Waals surface area contributed by atoms with Crippen LogP contribution in [0.5, 0.6) is 5.75 Å². The molecular formula is C26H30N6O5. The molecule has 0 saturated carbocycles. The molecule has 1 saturated heterocycles. The average Bonchev–Trinajstić information content (AvgIpc) is 3.50.